The van der Waals surface area contributed by atoms with Crippen molar-refractivity contribution in [3.8, 4) is 22.6 Å². The Balaban J connectivity index is 1.95. The van der Waals surface area contributed by atoms with Crippen LogP contribution in [0.15, 0.2) is 65.1 Å². The summed E-state index contributed by atoms with van der Waals surface area (Å²) in [5, 5.41) is 0. The third-order valence-corrected chi connectivity index (χ3v) is 3.00. The van der Waals surface area contributed by atoms with E-state index in [9.17, 15) is 0 Å². The van der Waals surface area contributed by atoms with Crippen LogP contribution in [-0.4, -0.2) is 0 Å². The molecule has 0 unspecified atom stereocenters. The summed E-state index contributed by atoms with van der Waals surface area (Å²) in [4.78, 5) is 0. The predicted octanol–water partition coefficient (Wildman–Crippen LogP) is 3.78. The molecule has 0 aliphatic rings. The van der Waals surface area contributed by atoms with Crippen LogP contribution in [0.5, 0.6) is 0 Å². The van der Waals surface area contributed by atoms with Gasteiger partial charge in [-0.3, -0.25) is 0 Å². The first-order valence-electron chi connectivity index (χ1n) is 6.04. The third kappa shape index (κ3) is 2.31. The largest absolute Gasteiger partial charge is 0.456 e. The van der Waals surface area contributed by atoms with Crippen molar-refractivity contribution >= 4 is 11.4 Å². The molecule has 0 saturated heterocycles. The highest BCUT2D eigenvalue weighted by atomic mass is 16.3. The molecule has 19 heavy (non-hydrogen) atoms. The van der Waals surface area contributed by atoms with Crippen molar-refractivity contribution < 1.29 is 4.42 Å². The summed E-state index contributed by atoms with van der Waals surface area (Å²) in [6, 6.07) is 19.1. The molecule has 0 aliphatic carbocycles. The Morgan fingerprint density at radius 2 is 0.895 bits per heavy atom. The van der Waals surface area contributed by atoms with Gasteiger partial charge in [0.25, 0.3) is 0 Å². The molecule has 0 amide bonds. The first-order chi connectivity index (χ1) is 9.22. The van der Waals surface area contributed by atoms with Gasteiger partial charge in [-0.15, -0.1) is 0 Å². The lowest BCUT2D eigenvalue weighted by atomic mass is 10.1. The van der Waals surface area contributed by atoms with Crippen molar-refractivity contribution in [3.05, 3.63) is 60.7 Å². The maximum Gasteiger partial charge on any atom is 0.134 e. The minimum Gasteiger partial charge on any atom is -0.456 e. The molecule has 0 saturated carbocycles. The number of hydrogen-bond acceptors (Lipinski definition) is 3. The molecule has 3 aromatic rings. The smallest absolute Gasteiger partial charge is 0.134 e. The van der Waals surface area contributed by atoms with Gasteiger partial charge < -0.3 is 15.9 Å². The summed E-state index contributed by atoms with van der Waals surface area (Å²) in [7, 11) is 0. The SMILES string of the molecule is Nc1ccc(-c2ccc(-c3ccc(N)cc3)o2)cc1. The molecule has 0 spiro atoms. The van der Waals surface area contributed by atoms with E-state index >= 15 is 0 Å². The Hall–Kier alpha value is -2.68. The maximum absolute atomic E-state index is 5.85. The normalized spacial score (nSPS) is 10.5. The van der Waals surface area contributed by atoms with Gasteiger partial charge in [0.1, 0.15) is 11.5 Å². The van der Waals surface area contributed by atoms with Crippen LogP contribution in [0, 0.1) is 0 Å². The highest BCUT2D eigenvalue weighted by Gasteiger charge is 2.06. The highest BCUT2D eigenvalue weighted by Crippen LogP contribution is 2.29. The van der Waals surface area contributed by atoms with Crippen LogP contribution in [0.3, 0.4) is 0 Å². The lowest BCUT2D eigenvalue weighted by molar-refractivity contribution is 0.597. The molecular formula is C16H14N2O. The van der Waals surface area contributed by atoms with E-state index < -0.39 is 0 Å². The zero-order valence-corrected chi connectivity index (χ0v) is 10.3. The fourth-order valence-electron chi connectivity index (χ4n) is 1.94. The fraction of sp³-hybridized carbons (Fsp3) is 0. The molecule has 3 nitrogen and oxygen atoms in total. The Morgan fingerprint density at radius 3 is 1.26 bits per heavy atom. The van der Waals surface area contributed by atoms with Gasteiger partial charge in [-0.2, -0.15) is 0 Å². The highest BCUT2D eigenvalue weighted by molar-refractivity contribution is 5.66. The van der Waals surface area contributed by atoms with Gasteiger partial charge in [-0.25, -0.2) is 0 Å². The van der Waals surface area contributed by atoms with E-state index in [1.165, 1.54) is 0 Å². The van der Waals surface area contributed by atoms with Crippen molar-refractivity contribution in [2.75, 3.05) is 11.5 Å². The number of furan rings is 1. The first-order valence-corrected chi connectivity index (χ1v) is 6.04. The summed E-state index contributed by atoms with van der Waals surface area (Å²) in [5.74, 6) is 1.65. The van der Waals surface area contributed by atoms with E-state index in [0.29, 0.717) is 0 Å². The summed E-state index contributed by atoms with van der Waals surface area (Å²) in [6.07, 6.45) is 0. The lowest BCUT2D eigenvalue weighted by Crippen LogP contribution is -1.83. The predicted molar refractivity (Wildman–Crippen MR) is 78.4 cm³/mol. The molecule has 0 fully saturated rings. The second-order valence-corrected chi connectivity index (χ2v) is 4.41. The van der Waals surface area contributed by atoms with E-state index in [1.807, 2.05) is 60.7 Å². The monoisotopic (exact) mass is 250 g/mol. The Morgan fingerprint density at radius 1 is 0.526 bits per heavy atom. The second kappa shape index (κ2) is 4.53. The van der Waals surface area contributed by atoms with E-state index in [0.717, 1.165) is 34.0 Å². The van der Waals surface area contributed by atoms with Crippen molar-refractivity contribution in [3.63, 3.8) is 0 Å². The van der Waals surface area contributed by atoms with Crippen LogP contribution in [0.1, 0.15) is 0 Å². The maximum atomic E-state index is 5.85. The van der Waals surface area contributed by atoms with Crippen LogP contribution in [-0.2, 0) is 0 Å². The molecule has 2 aromatic carbocycles. The van der Waals surface area contributed by atoms with E-state index in [1.54, 1.807) is 0 Å². The van der Waals surface area contributed by atoms with Crippen LogP contribution < -0.4 is 11.5 Å². The summed E-state index contributed by atoms with van der Waals surface area (Å²) in [5.41, 5.74) is 14.9. The van der Waals surface area contributed by atoms with Crippen LogP contribution in [0.25, 0.3) is 22.6 Å². The van der Waals surface area contributed by atoms with Gasteiger partial charge in [0.05, 0.1) is 0 Å². The quantitative estimate of drug-likeness (QED) is 0.680. The van der Waals surface area contributed by atoms with E-state index in [4.69, 9.17) is 15.9 Å². The number of nitrogen functional groups attached to an aromatic ring is 2. The molecule has 3 rings (SSSR count). The Bertz CT molecular complexity index is 622. The van der Waals surface area contributed by atoms with Crippen LogP contribution in [0.2, 0.25) is 0 Å². The second-order valence-electron chi connectivity index (χ2n) is 4.41. The van der Waals surface area contributed by atoms with Gasteiger partial charge in [-0.05, 0) is 60.7 Å². The molecule has 1 heterocycles. The number of rotatable bonds is 2. The first kappa shape index (κ1) is 11.4. The van der Waals surface area contributed by atoms with Gasteiger partial charge in [-0.1, -0.05) is 0 Å². The molecule has 0 aliphatic heterocycles. The standard InChI is InChI=1S/C16H14N2O/c17-13-5-1-11(2-6-13)15-9-10-16(19-15)12-3-7-14(18)8-4-12/h1-10H,17-18H2. The minimum atomic E-state index is 0.745. The van der Waals surface area contributed by atoms with Crippen LogP contribution in [0.4, 0.5) is 11.4 Å². The lowest BCUT2D eigenvalue weighted by Gasteiger charge is -1.99. The minimum absolute atomic E-state index is 0.745. The van der Waals surface area contributed by atoms with Gasteiger partial charge in [0.2, 0.25) is 0 Å². The summed E-state index contributed by atoms with van der Waals surface area (Å²) < 4.78 is 5.85. The van der Waals surface area contributed by atoms with Gasteiger partial charge >= 0.3 is 0 Å². The summed E-state index contributed by atoms with van der Waals surface area (Å²) >= 11 is 0. The van der Waals surface area contributed by atoms with E-state index in [2.05, 4.69) is 0 Å². The van der Waals surface area contributed by atoms with Crippen molar-refractivity contribution in [1.82, 2.24) is 0 Å². The zero-order valence-electron chi connectivity index (χ0n) is 10.3. The number of benzene rings is 2. The molecule has 3 heteroatoms. The molecule has 1 aromatic heterocycles. The van der Waals surface area contributed by atoms with E-state index in [-0.39, 0.29) is 0 Å². The number of anilines is 2. The molecule has 4 N–H and O–H groups in total. The summed E-state index contributed by atoms with van der Waals surface area (Å²) in [6.45, 7) is 0. The topological polar surface area (TPSA) is 65.2 Å². The molecule has 0 bridgehead atoms. The van der Waals surface area contributed by atoms with Crippen molar-refractivity contribution in [2.45, 2.75) is 0 Å². The third-order valence-electron chi connectivity index (χ3n) is 3.00. The average molecular weight is 250 g/mol. The number of hydrogen-bond donors (Lipinski definition) is 2. The number of nitrogens with two attached hydrogens (primary N) is 2. The van der Waals surface area contributed by atoms with Crippen molar-refractivity contribution in [1.29, 1.82) is 0 Å². The average Bonchev–Trinajstić information content (AvgIpc) is 2.90. The Labute approximate surface area is 111 Å². The van der Waals surface area contributed by atoms with Gasteiger partial charge in [0, 0.05) is 22.5 Å². The molecular weight excluding hydrogens is 236 g/mol. The Kier molecular flexibility index (Phi) is 2.72. The van der Waals surface area contributed by atoms with Crippen LogP contribution >= 0.6 is 0 Å². The van der Waals surface area contributed by atoms with Gasteiger partial charge in [0.15, 0.2) is 0 Å². The van der Waals surface area contributed by atoms with Crippen molar-refractivity contribution in [2.24, 2.45) is 0 Å². The molecule has 0 radical (unpaired) electrons. The molecule has 94 valence electrons. The molecule has 0 atom stereocenters. The fourth-order valence-corrected chi connectivity index (χ4v) is 1.94. The zero-order chi connectivity index (χ0) is 13.2.